The molecule has 1 aliphatic rings. The highest BCUT2D eigenvalue weighted by Gasteiger charge is 2.40. The van der Waals surface area contributed by atoms with Crippen molar-refractivity contribution in [2.24, 2.45) is 5.73 Å². The molecule has 1 aliphatic heterocycles. The second-order valence-electron chi connectivity index (χ2n) is 8.41. The number of aromatic nitrogens is 1. The van der Waals surface area contributed by atoms with Crippen LogP contribution in [0.15, 0.2) is 46.8 Å². The summed E-state index contributed by atoms with van der Waals surface area (Å²) in [6, 6.07) is 10.1. The smallest absolute Gasteiger partial charge is 0.338 e. The summed E-state index contributed by atoms with van der Waals surface area (Å²) in [5.74, 6) is -0.957. The fraction of sp³-hybridized carbons (Fsp3) is 0.250. The van der Waals surface area contributed by atoms with Gasteiger partial charge in [0.25, 0.3) is 5.56 Å². The van der Waals surface area contributed by atoms with Gasteiger partial charge in [-0.15, -0.1) is 11.3 Å². The first-order valence-corrected chi connectivity index (χ1v) is 12.6. The molecule has 0 saturated heterocycles. The van der Waals surface area contributed by atoms with Crippen LogP contribution in [0.4, 0.5) is 0 Å². The third kappa shape index (κ3) is 4.77. The van der Waals surface area contributed by atoms with Crippen molar-refractivity contribution in [1.29, 1.82) is 0 Å². The summed E-state index contributed by atoms with van der Waals surface area (Å²) in [5, 5.41) is 0. The van der Waals surface area contributed by atoms with Crippen LogP contribution >= 0.6 is 11.3 Å². The van der Waals surface area contributed by atoms with Gasteiger partial charge in [0.15, 0.2) is 23.0 Å². The van der Waals surface area contributed by atoms with Crippen LogP contribution in [0, 0.1) is 0 Å². The van der Waals surface area contributed by atoms with Crippen LogP contribution < -0.4 is 39.4 Å². The molecule has 1 atom stereocenters. The Morgan fingerprint density at radius 3 is 1.93 bits per heavy atom. The zero-order valence-electron chi connectivity index (χ0n) is 22.7. The van der Waals surface area contributed by atoms with Gasteiger partial charge in [-0.2, -0.15) is 0 Å². The highest BCUT2D eigenvalue weighted by molar-refractivity contribution is 7.07. The van der Waals surface area contributed by atoms with E-state index in [-0.39, 0.29) is 26.2 Å². The molecule has 12 heteroatoms. The van der Waals surface area contributed by atoms with E-state index in [2.05, 4.69) is 0 Å². The van der Waals surface area contributed by atoms with E-state index in [1.54, 1.807) is 42.5 Å². The van der Waals surface area contributed by atoms with Crippen LogP contribution in [0.25, 0.3) is 17.5 Å². The van der Waals surface area contributed by atoms with E-state index in [9.17, 15) is 14.4 Å². The van der Waals surface area contributed by atoms with Gasteiger partial charge in [0.2, 0.25) is 0 Å². The number of benzene rings is 2. The number of nitrogens with zero attached hydrogens (tertiary/aromatic N) is 1. The lowest BCUT2D eigenvalue weighted by Gasteiger charge is -2.27. The van der Waals surface area contributed by atoms with Crippen LogP contribution in [0.3, 0.4) is 0 Å². The predicted molar refractivity (Wildman–Crippen MR) is 148 cm³/mol. The molecular formula is C28H28N2O9S. The summed E-state index contributed by atoms with van der Waals surface area (Å²) in [4.78, 5) is 40.1. The Morgan fingerprint density at radius 1 is 0.800 bits per heavy atom. The number of hydrogen-bond donors (Lipinski definition) is 1. The number of carbonyl (C=O) groups is 2. The van der Waals surface area contributed by atoms with E-state index < -0.39 is 23.4 Å². The number of ether oxygens (including phenoxy) is 6. The molecule has 3 aromatic rings. The summed E-state index contributed by atoms with van der Waals surface area (Å²) in [6.45, 7) is 0. The van der Waals surface area contributed by atoms with Gasteiger partial charge in [-0.3, -0.25) is 9.36 Å². The Labute approximate surface area is 233 Å². The molecule has 0 spiro atoms. The average molecular weight is 569 g/mol. The minimum atomic E-state index is -1.04. The zero-order valence-corrected chi connectivity index (χ0v) is 23.5. The summed E-state index contributed by atoms with van der Waals surface area (Å²) in [6.07, 6.45) is 1.63. The minimum absolute atomic E-state index is 0.0402. The van der Waals surface area contributed by atoms with Crippen molar-refractivity contribution in [3.63, 3.8) is 0 Å². The Morgan fingerprint density at radius 2 is 1.35 bits per heavy atom. The molecule has 4 rings (SSSR count). The minimum Gasteiger partial charge on any atom is -0.493 e. The molecular weight excluding hydrogens is 540 g/mol. The lowest BCUT2D eigenvalue weighted by molar-refractivity contribution is -0.136. The van der Waals surface area contributed by atoms with Crippen molar-refractivity contribution >= 4 is 40.7 Å². The highest BCUT2D eigenvalue weighted by Crippen LogP contribution is 2.40. The second-order valence-corrected chi connectivity index (χ2v) is 9.44. The first-order valence-electron chi connectivity index (χ1n) is 11.8. The summed E-state index contributed by atoms with van der Waals surface area (Å²) in [5.41, 5.74) is 7.02. The van der Waals surface area contributed by atoms with Gasteiger partial charge >= 0.3 is 11.9 Å². The van der Waals surface area contributed by atoms with E-state index >= 15 is 0 Å². The summed E-state index contributed by atoms with van der Waals surface area (Å²) in [7, 11) is 8.39. The molecule has 1 aromatic heterocycles. The number of hydrogen-bond acceptors (Lipinski definition) is 11. The molecule has 11 nitrogen and oxygen atoms in total. The fourth-order valence-electron chi connectivity index (χ4n) is 4.52. The molecule has 0 bridgehead atoms. The molecule has 0 unspecified atom stereocenters. The molecule has 0 radical (unpaired) electrons. The molecule has 2 aromatic carbocycles. The van der Waals surface area contributed by atoms with Gasteiger partial charge in [-0.05, 0) is 41.5 Å². The average Bonchev–Trinajstić information content (AvgIpc) is 3.30. The van der Waals surface area contributed by atoms with Crippen LogP contribution in [0.5, 0.6) is 23.0 Å². The number of fused-ring (bicyclic) bond motifs is 1. The van der Waals surface area contributed by atoms with Gasteiger partial charge < -0.3 is 34.2 Å². The van der Waals surface area contributed by atoms with E-state index in [0.717, 1.165) is 15.9 Å². The number of carbonyl (C=O) groups excluding carboxylic acids is 2. The zero-order chi connectivity index (χ0) is 29.1. The van der Waals surface area contributed by atoms with Crippen molar-refractivity contribution in [1.82, 2.24) is 4.57 Å². The SMILES string of the molecule is COC(=O)C1=C(N)n2c(sc(=Cc3ccc(OC)c(OC)c3)c2=O)=C(C(=O)OC)[C@H]1c1ccc(OC)c(OC)c1. The molecule has 0 amide bonds. The Kier molecular flexibility index (Phi) is 8.19. The molecule has 2 N–H and O–H groups in total. The van der Waals surface area contributed by atoms with Gasteiger partial charge in [0.1, 0.15) is 10.5 Å². The van der Waals surface area contributed by atoms with Crippen LogP contribution in [-0.2, 0) is 19.1 Å². The monoisotopic (exact) mass is 568 g/mol. The van der Waals surface area contributed by atoms with E-state index in [1.165, 1.54) is 42.7 Å². The van der Waals surface area contributed by atoms with E-state index in [0.29, 0.717) is 34.1 Å². The van der Waals surface area contributed by atoms with Crippen molar-refractivity contribution < 1.29 is 38.0 Å². The van der Waals surface area contributed by atoms with Crippen LogP contribution in [-0.4, -0.2) is 59.2 Å². The molecule has 2 heterocycles. The molecule has 0 fully saturated rings. The van der Waals surface area contributed by atoms with E-state index in [4.69, 9.17) is 34.2 Å². The van der Waals surface area contributed by atoms with Crippen molar-refractivity contribution in [2.75, 3.05) is 42.7 Å². The van der Waals surface area contributed by atoms with Gasteiger partial charge in [0, 0.05) is 0 Å². The second kappa shape index (κ2) is 11.6. The summed E-state index contributed by atoms with van der Waals surface area (Å²) >= 11 is 1.04. The number of methoxy groups -OCH3 is 6. The Balaban J connectivity index is 2.09. The first-order chi connectivity index (χ1) is 19.2. The fourth-order valence-corrected chi connectivity index (χ4v) is 5.69. The Bertz CT molecular complexity index is 1700. The third-order valence-electron chi connectivity index (χ3n) is 6.41. The number of esters is 2. The normalized spacial score (nSPS) is 14.9. The van der Waals surface area contributed by atoms with Gasteiger partial charge in [-0.25, -0.2) is 9.59 Å². The topological polar surface area (TPSA) is 138 Å². The molecule has 40 heavy (non-hydrogen) atoms. The van der Waals surface area contributed by atoms with E-state index in [1.807, 2.05) is 0 Å². The predicted octanol–water partition coefficient (Wildman–Crippen LogP) is 1.19. The molecule has 0 aliphatic carbocycles. The standard InChI is InChI=1S/C28H28N2O9S/c1-34-16-9-7-14(11-18(16)36-3)12-20-25(31)30-24(29)22(27(32)38-5)21(23(26(30)40-20)28(33)39-6)15-8-10-17(35-2)19(13-15)37-4/h7-13,21H,29H2,1-6H3/t21-/m0/s1. The molecule has 210 valence electrons. The number of nitrogens with two attached hydrogens (primary N) is 1. The third-order valence-corrected chi connectivity index (χ3v) is 7.51. The van der Waals surface area contributed by atoms with Crippen molar-refractivity contribution in [2.45, 2.75) is 5.92 Å². The maximum Gasteiger partial charge on any atom is 0.338 e. The van der Waals surface area contributed by atoms with Crippen molar-refractivity contribution in [3.05, 3.63) is 72.6 Å². The largest absolute Gasteiger partial charge is 0.493 e. The highest BCUT2D eigenvalue weighted by atomic mass is 32.1. The van der Waals surface area contributed by atoms with Gasteiger partial charge in [-0.1, -0.05) is 12.1 Å². The Hall–Kier alpha value is -4.71. The number of rotatable bonds is 8. The maximum atomic E-state index is 13.7. The van der Waals surface area contributed by atoms with Crippen molar-refractivity contribution in [3.8, 4) is 23.0 Å². The van der Waals surface area contributed by atoms with Gasteiger partial charge in [0.05, 0.1) is 64.3 Å². The quantitative estimate of drug-likeness (QED) is 0.395. The number of thiazole rings is 1. The van der Waals surface area contributed by atoms with Crippen LogP contribution in [0.1, 0.15) is 17.0 Å². The summed E-state index contributed by atoms with van der Waals surface area (Å²) < 4.78 is 33.2. The lowest BCUT2D eigenvalue weighted by atomic mass is 9.83. The first kappa shape index (κ1) is 28.3. The molecule has 0 saturated carbocycles. The van der Waals surface area contributed by atoms with Crippen LogP contribution in [0.2, 0.25) is 0 Å². The maximum absolute atomic E-state index is 13.7. The lowest BCUT2D eigenvalue weighted by Crippen LogP contribution is -2.41.